The van der Waals surface area contributed by atoms with Crippen LogP contribution in [0.25, 0.3) is 0 Å². The van der Waals surface area contributed by atoms with Crippen LogP contribution in [0.2, 0.25) is 0 Å². The van der Waals surface area contributed by atoms with E-state index in [0.29, 0.717) is 6.42 Å². The summed E-state index contributed by atoms with van der Waals surface area (Å²) in [7, 11) is 0. The molecular formula is C8H18O2. The van der Waals surface area contributed by atoms with E-state index in [0.717, 1.165) is 0 Å². The summed E-state index contributed by atoms with van der Waals surface area (Å²) in [4.78, 5) is 0. The highest BCUT2D eigenvalue weighted by molar-refractivity contribution is 4.83. The second-order valence-corrected chi connectivity index (χ2v) is 3.30. The van der Waals surface area contributed by atoms with Crippen LogP contribution in [0, 0.1) is 5.92 Å². The van der Waals surface area contributed by atoms with Crippen molar-refractivity contribution in [1.82, 2.24) is 0 Å². The Kier molecular flexibility index (Phi) is 3.33. The van der Waals surface area contributed by atoms with Gasteiger partial charge in [0.15, 0.2) is 0 Å². The van der Waals surface area contributed by atoms with Gasteiger partial charge in [-0.05, 0) is 19.3 Å². The second-order valence-electron chi connectivity index (χ2n) is 3.30. The topological polar surface area (TPSA) is 40.5 Å². The molecule has 2 N–H and O–H groups in total. The zero-order valence-corrected chi connectivity index (χ0v) is 7.26. The third-order valence-corrected chi connectivity index (χ3v) is 2.23. The lowest BCUT2D eigenvalue weighted by Gasteiger charge is -2.32. The second kappa shape index (κ2) is 3.35. The molecule has 0 aliphatic heterocycles. The summed E-state index contributed by atoms with van der Waals surface area (Å²) in [6.45, 7) is 7.34. The SMILES string of the molecule is CCC(O)C(C)(O)C(C)C. The predicted molar refractivity (Wildman–Crippen MR) is 41.8 cm³/mol. The molecule has 0 aliphatic carbocycles. The van der Waals surface area contributed by atoms with Gasteiger partial charge >= 0.3 is 0 Å². The van der Waals surface area contributed by atoms with Crippen LogP contribution in [0.3, 0.4) is 0 Å². The Bertz CT molecular complexity index is 97.4. The lowest BCUT2D eigenvalue weighted by Crippen LogP contribution is -2.43. The Labute approximate surface area is 62.9 Å². The molecule has 0 bridgehead atoms. The van der Waals surface area contributed by atoms with Crippen LogP contribution in [0.15, 0.2) is 0 Å². The van der Waals surface area contributed by atoms with Crippen molar-refractivity contribution in [2.75, 3.05) is 0 Å². The fraction of sp³-hybridized carbons (Fsp3) is 1.00. The Hall–Kier alpha value is -0.0800. The normalized spacial score (nSPS) is 20.7. The van der Waals surface area contributed by atoms with Crippen molar-refractivity contribution in [3.8, 4) is 0 Å². The summed E-state index contributed by atoms with van der Waals surface area (Å²) < 4.78 is 0. The minimum atomic E-state index is -0.936. The van der Waals surface area contributed by atoms with Gasteiger partial charge in [0.1, 0.15) is 0 Å². The first-order valence-electron chi connectivity index (χ1n) is 3.83. The number of aliphatic hydroxyl groups excluding tert-OH is 1. The third kappa shape index (κ3) is 1.96. The Morgan fingerprint density at radius 3 is 1.90 bits per heavy atom. The quantitative estimate of drug-likeness (QED) is 0.627. The van der Waals surface area contributed by atoms with Gasteiger partial charge in [0.25, 0.3) is 0 Å². The Morgan fingerprint density at radius 1 is 1.40 bits per heavy atom. The van der Waals surface area contributed by atoms with Crippen molar-refractivity contribution in [2.24, 2.45) is 5.92 Å². The maximum atomic E-state index is 9.61. The van der Waals surface area contributed by atoms with Crippen molar-refractivity contribution >= 4 is 0 Å². The fourth-order valence-corrected chi connectivity index (χ4v) is 0.798. The van der Waals surface area contributed by atoms with E-state index in [2.05, 4.69) is 0 Å². The summed E-state index contributed by atoms with van der Waals surface area (Å²) in [6, 6.07) is 0. The number of aliphatic hydroxyl groups is 2. The van der Waals surface area contributed by atoms with Crippen molar-refractivity contribution < 1.29 is 10.2 Å². The fourth-order valence-electron chi connectivity index (χ4n) is 0.798. The van der Waals surface area contributed by atoms with E-state index in [1.165, 1.54) is 0 Å². The molecule has 0 rings (SSSR count). The number of hydrogen-bond donors (Lipinski definition) is 2. The average molecular weight is 146 g/mol. The number of rotatable bonds is 3. The van der Waals surface area contributed by atoms with Crippen molar-refractivity contribution in [2.45, 2.75) is 45.8 Å². The predicted octanol–water partition coefficient (Wildman–Crippen LogP) is 1.16. The smallest absolute Gasteiger partial charge is 0.0900 e. The molecule has 2 nitrogen and oxygen atoms in total. The van der Waals surface area contributed by atoms with Crippen LogP contribution < -0.4 is 0 Å². The van der Waals surface area contributed by atoms with E-state index in [1.54, 1.807) is 6.92 Å². The van der Waals surface area contributed by atoms with Gasteiger partial charge in [-0.3, -0.25) is 0 Å². The lowest BCUT2D eigenvalue weighted by atomic mass is 9.86. The summed E-state index contributed by atoms with van der Waals surface area (Å²) in [5, 5.41) is 18.9. The molecule has 2 unspecified atom stereocenters. The molecular weight excluding hydrogens is 128 g/mol. The minimum Gasteiger partial charge on any atom is -0.390 e. The first-order chi connectivity index (χ1) is 4.42. The third-order valence-electron chi connectivity index (χ3n) is 2.23. The first kappa shape index (κ1) is 9.92. The van der Waals surface area contributed by atoms with Gasteiger partial charge < -0.3 is 10.2 Å². The van der Waals surface area contributed by atoms with Gasteiger partial charge in [0, 0.05) is 0 Å². The maximum absolute atomic E-state index is 9.61. The Morgan fingerprint density at radius 2 is 1.80 bits per heavy atom. The van der Waals surface area contributed by atoms with Crippen LogP contribution in [0.5, 0.6) is 0 Å². The standard InChI is InChI=1S/C8H18O2/c1-5-7(9)8(4,10)6(2)3/h6-7,9-10H,5H2,1-4H3. The molecule has 0 aromatic carbocycles. The van der Waals surface area contributed by atoms with E-state index >= 15 is 0 Å². The highest BCUT2D eigenvalue weighted by atomic mass is 16.3. The van der Waals surface area contributed by atoms with Crippen LogP contribution in [-0.4, -0.2) is 21.9 Å². The highest BCUT2D eigenvalue weighted by Crippen LogP contribution is 2.21. The Balaban J connectivity index is 4.09. The molecule has 0 spiro atoms. The lowest BCUT2D eigenvalue weighted by molar-refractivity contribution is -0.0926. The zero-order valence-electron chi connectivity index (χ0n) is 7.26. The van der Waals surface area contributed by atoms with Gasteiger partial charge in [-0.25, -0.2) is 0 Å². The average Bonchev–Trinajstić information content (AvgIpc) is 1.86. The molecule has 0 aromatic rings. The molecule has 62 valence electrons. The molecule has 10 heavy (non-hydrogen) atoms. The molecule has 0 saturated heterocycles. The molecule has 0 amide bonds. The molecule has 0 heterocycles. The van der Waals surface area contributed by atoms with Crippen LogP contribution in [-0.2, 0) is 0 Å². The maximum Gasteiger partial charge on any atom is 0.0900 e. The molecule has 0 fully saturated rings. The van der Waals surface area contributed by atoms with Crippen molar-refractivity contribution in [1.29, 1.82) is 0 Å². The van der Waals surface area contributed by atoms with Crippen molar-refractivity contribution in [3.63, 3.8) is 0 Å². The van der Waals surface area contributed by atoms with Gasteiger partial charge in [-0.15, -0.1) is 0 Å². The van der Waals surface area contributed by atoms with Gasteiger partial charge in [0.2, 0.25) is 0 Å². The highest BCUT2D eigenvalue weighted by Gasteiger charge is 2.31. The minimum absolute atomic E-state index is 0.0995. The number of hydrogen-bond acceptors (Lipinski definition) is 2. The summed E-state index contributed by atoms with van der Waals surface area (Å²) >= 11 is 0. The van der Waals surface area contributed by atoms with Gasteiger partial charge in [0.05, 0.1) is 11.7 Å². The molecule has 0 aliphatic rings. The molecule has 0 radical (unpaired) electrons. The zero-order chi connectivity index (χ0) is 8.36. The monoisotopic (exact) mass is 146 g/mol. The molecule has 0 aromatic heterocycles. The van der Waals surface area contributed by atoms with E-state index in [4.69, 9.17) is 0 Å². The van der Waals surface area contributed by atoms with E-state index in [-0.39, 0.29) is 5.92 Å². The summed E-state index contributed by atoms with van der Waals surface area (Å²) in [5.74, 6) is 0.0995. The first-order valence-corrected chi connectivity index (χ1v) is 3.83. The van der Waals surface area contributed by atoms with E-state index in [9.17, 15) is 10.2 Å². The van der Waals surface area contributed by atoms with Crippen LogP contribution in [0.4, 0.5) is 0 Å². The molecule has 2 atom stereocenters. The van der Waals surface area contributed by atoms with E-state index in [1.807, 2.05) is 20.8 Å². The van der Waals surface area contributed by atoms with E-state index < -0.39 is 11.7 Å². The molecule has 2 heteroatoms. The largest absolute Gasteiger partial charge is 0.390 e. The summed E-state index contributed by atoms with van der Waals surface area (Å²) in [5.41, 5.74) is -0.936. The van der Waals surface area contributed by atoms with Crippen LogP contribution in [0.1, 0.15) is 34.1 Å². The van der Waals surface area contributed by atoms with Crippen LogP contribution >= 0.6 is 0 Å². The molecule has 0 saturated carbocycles. The van der Waals surface area contributed by atoms with Crippen molar-refractivity contribution in [3.05, 3.63) is 0 Å². The van der Waals surface area contributed by atoms with Gasteiger partial charge in [-0.2, -0.15) is 0 Å². The van der Waals surface area contributed by atoms with Gasteiger partial charge in [-0.1, -0.05) is 20.8 Å². The summed E-state index contributed by atoms with van der Waals surface area (Å²) in [6.07, 6.45) is -0.00181.